The number of aromatic nitrogens is 1. The van der Waals surface area contributed by atoms with Crippen molar-refractivity contribution in [2.24, 2.45) is 0 Å². The van der Waals surface area contributed by atoms with Gasteiger partial charge in [0, 0.05) is 47.9 Å². The van der Waals surface area contributed by atoms with Crippen LogP contribution in [0.4, 0.5) is 20.6 Å². The van der Waals surface area contributed by atoms with E-state index in [1.54, 1.807) is 92.4 Å². The number of hydrogen-bond acceptors (Lipinski definition) is 6. The maximum absolute atomic E-state index is 15.8. The zero-order valence-electron chi connectivity index (χ0n) is 29.6. The minimum Gasteiger partial charge on any atom is -0.444 e. The Morgan fingerprint density at radius 1 is 0.827 bits per heavy atom. The summed E-state index contributed by atoms with van der Waals surface area (Å²) >= 11 is 0. The maximum Gasteiger partial charge on any atom is 0.408 e. The van der Waals surface area contributed by atoms with E-state index in [1.165, 1.54) is 17.9 Å². The minimum absolute atomic E-state index is 0.137. The zero-order valence-corrected chi connectivity index (χ0v) is 29.6. The van der Waals surface area contributed by atoms with Gasteiger partial charge in [-0.1, -0.05) is 42.5 Å². The van der Waals surface area contributed by atoms with Gasteiger partial charge in [0.05, 0.1) is 5.69 Å². The number of nitrogens with zero attached hydrogens (tertiary/aromatic N) is 2. The fourth-order valence-electron chi connectivity index (χ4n) is 6.85. The molecule has 52 heavy (non-hydrogen) atoms. The molecule has 12 nitrogen and oxygen atoms in total. The van der Waals surface area contributed by atoms with E-state index >= 15 is 4.39 Å². The lowest BCUT2D eigenvalue weighted by Crippen LogP contribution is -2.49. The van der Waals surface area contributed by atoms with Crippen LogP contribution in [-0.2, 0) is 23.9 Å². The van der Waals surface area contributed by atoms with Crippen molar-refractivity contribution in [3.63, 3.8) is 0 Å². The number of nitrogens with one attached hydrogen (secondary N) is 4. The molecular formula is C39H43FN6O6. The van der Waals surface area contributed by atoms with Crippen molar-refractivity contribution in [1.29, 1.82) is 0 Å². The van der Waals surface area contributed by atoms with Crippen LogP contribution in [0.15, 0.2) is 72.8 Å². The standard InChI is InChI=1S/C39H43FN6O6/c1-23(47)45-20-8-12-30(45)35(48)41-26-16-14-25(15-17-26)33-32(40)28-22-27(18-19-29(28)43-33)42-36(49)31-13-9-21-46(31)37(50)34(24-10-6-5-7-11-24)44-38(51)52-39(2,3)4/h5-7,10-11,14-19,22,30-31,34,43H,8-9,12-13,20-21H2,1-4H3,(H,41,48)(H,42,49)(H,44,51)/t30-,31?,34+/m0/s1. The fourth-order valence-corrected chi connectivity index (χ4v) is 6.85. The average molecular weight is 711 g/mol. The molecule has 0 aliphatic carbocycles. The first-order valence-corrected chi connectivity index (χ1v) is 17.4. The maximum atomic E-state index is 15.8. The molecule has 6 rings (SSSR count). The third-order valence-corrected chi connectivity index (χ3v) is 9.28. The molecule has 2 fully saturated rings. The van der Waals surface area contributed by atoms with Crippen molar-refractivity contribution in [2.45, 2.75) is 77.1 Å². The normalized spacial score (nSPS) is 17.9. The number of carbonyl (C=O) groups is 5. The molecule has 272 valence electrons. The molecule has 1 aromatic heterocycles. The van der Waals surface area contributed by atoms with Gasteiger partial charge in [0.1, 0.15) is 23.7 Å². The van der Waals surface area contributed by atoms with Crippen LogP contribution in [0.25, 0.3) is 22.2 Å². The predicted molar refractivity (Wildman–Crippen MR) is 195 cm³/mol. The lowest BCUT2D eigenvalue weighted by atomic mass is 10.0. The van der Waals surface area contributed by atoms with Crippen molar-refractivity contribution in [3.05, 3.63) is 84.2 Å². The zero-order chi connectivity index (χ0) is 37.2. The Morgan fingerprint density at radius 2 is 1.42 bits per heavy atom. The van der Waals surface area contributed by atoms with Crippen LogP contribution >= 0.6 is 0 Å². The van der Waals surface area contributed by atoms with Crippen molar-refractivity contribution in [3.8, 4) is 11.3 Å². The highest BCUT2D eigenvalue weighted by atomic mass is 19.1. The second-order valence-electron chi connectivity index (χ2n) is 14.2. The van der Waals surface area contributed by atoms with Crippen LogP contribution in [0.5, 0.6) is 0 Å². The van der Waals surface area contributed by atoms with Crippen molar-refractivity contribution >= 4 is 52.0 Å². The Labute approximate surface area is 301 Å². The summed E-state index contributed by atoms with van der Waals surface area (Å²) in [6.07, 6.45) is 1.63. The summed E-state index contributed by atoms with van der Waals surface area (Å²) in [6, 6.07) is 18.0. The molecule has 2 aliphatic rings. The fraction of sp³-hybridized carbons (Fsp3) is 0.359. The number of halogens is 1. The minimum atomic E-state index is -1.07. The number of hydrogen-bond donors (Lipinski definition) is 4. The molecule has 2 saturated heterocycles. The first-order chi connectivity index (χ1) is 24.8. The van der Waals surface area contributed by atoms with Gasteiger partial charge in [-0.15, -0.1) is 0 Å². The van der Waals surface area contributed by atoms with Gasteiger partial charge in [-0.05, 0) is 82.3 Å². The van der Waals surface area contributed by atoms with Gasteiger partial charge < -0.3 is 35.5 Å². The summed E-state index contributed by atoms with van der Waals surface area (Å²) in [5.74, 6) is -1.77. The summed E-state index contributed by atoms with van der Waals surface area (Å²) in [4.78, 5) is 71.1. The molecule has 5 amide bonds. The number of H-pyrrole nitrogens is 1. The molecule has 13 heteroatoms. The number of rotatable bonds is 8. The second kappa shape index (κ2) is 14.9. The van der Waals surface area contributed by atoms with Crippen molar-refractivity contribution in [1.82, 2.24) is 20.1 Å². The highest BCUT2D eigenvalue weighted by Crippen LogP contribution is 2.32. The number of alkyl carbamates (subject to hydrolysis) is 1. The van der Waals surface area contributed by atoms with E-state index in [0.717, 1.165) is 6.42 Å². The van der Waals surface area contributed by atoms with E-state index in [0.29, 0.717) is 60.4 Å². The van der Waals surface area contributed by atoms with Crippen LogP contribution < -0.4 is 16.0 Å². The summed E-state index contributed by atoms with van der Waals surface area (Å²) in [5.41, 5.74) is 1.98. The Morgan fingerprint density at radius 3 is 2.06 bits per heavy atom. The highest BCUT2D eigenvalue weighted by Gasteiger charge is 2.39. The number of aromatic amines is 1. The predicted octanol–water partition coefficient (Wildman–Crippen LogP) is 6.12. The van der Waals surface area contributed by atoms with Gasteiger partial charge in [-0.25, -0.2) is 9.18 Å². The Bertz CT molecular complexity index is 1990. The molecule has 1 unspecified atom stereocenters. The molecule has 0 saturated carbocycles. The molecule has 3 aromatic carbocycles. The third kappa shape index (κ3) is 7.93. The lowest BCUT2D eigenvalue weighted by Gasteiger charge is -2.29. The number of likely N-dealkylation sites (tertiary alicyclic amines) is 2. The molecule has 4 N–H and O–H groups in total. The van der Waals surface area contributed by atoms with Crippen molar-refractivity contribution < 1.29 is 33.1 Å². The monoisotopic (exact) mass is 710 g/mol. The quantitative estimate of drug-likeness (QED) is 0.173. The second-order valence-corrected chi connectivity index (χ2v) is 14.2. The molecule has 0 spiro atoms. The summed E-state index contributed by atoms with van der Waals surface area (Å²) in [6.45, 7) is 7.52. The molecule has 3 atom stereocenters. The SMILES string of the molecule is CC(=O)N1CCC[C@H]1C(=O)Nc1ccc(-c2[nH]c3ccc(NC(=O)C4CCCN4C(=O)[C@H](NC(=O)OC(C)(C)C)c4ccccc4)cc3c2F)cc1. The van der Waals surface area contributed by atoms with Crippen LogP contribution in [0, 0.1) is 5.82 Å². The molecular weight excluding hydrogens is 667 g/mol. The summed E-state index contributed by atoms with van der Waals surface area (Å²) in [7, 11) is 0. The number of ether oxygens (including phenoxy) is 1. The van der Waals surface area contributed by atoms with Gasteiger partial charge in [0.2, 0.25) is 17.7 Å². The Kier molecular flexibility index (Phi) is 10.3. The third-order valence-electron chi connectivity index (χ3n) is 9.28. The molecule has 2 aliphatic heterocycles. The molecule has 0 bridgehead atoms. The molecule has 3 heterocycles. The van der Waals surface area contributed by atoms with Gasteiger partial charge in [0.25, 0.3) is 5.91 Å². The smallest absolute Gasteiger partial charge is 0.408 e. The van der Waals surface area contributed by atoms with Crippen LogP contribution in [-0.4, -0.2) is 75.3 Å². The molecule has 4 aromatic rings. The molecule has 0 radical (unpaired) electrons. The highest BCUT2D eigenvalue weighted by molar-refractivity contribution is 6.01. The average Bonchev–Trinajstić information content (AvgIpc) is 3.87. The Balaban J connectivity index is 1.14. The van der Waals surface area contributed by atoms with E-state index in [1.807, 2.05) is 0 Å². The summed E-state index contributed by atoms with van der Waals surface area (Å²) in [5, 5.41) is 8.66. The first kappa shape index (κ1) is 36.1. The van der Waals surface area contributed by atoms with E-state index in [2.05, 4.69) is 20.9 Å². The van der Waals surface area contributed by atoms with Crippen molar-refractivity contribution in [2.75, 3.05) is 23.7 Å². The number of carbonyl (C=O) groups excluding carboxylic acids is 5. The van der Waals surface area contributed by atoms with Crippen LogP contribution in [0.1, 0.15) is 65.0 Å². The van der Waals surface area contributed by atoms with Gasteiger partial charge in [0.15, 0.2) is 5.82 Å². The summed E-state index contributed by atoms with van der Waals surface area (Å²) < 4.78 is 21.3. The topological polar surface area (TPSA) is 153 Å². The lowest BCUT2D eigenvalue weighted by molar-refractivity contribution is -0.138. The van der Waals surface area contributed by atoms with Gasteiger partial charge in [-0.2, -0.15) is 0 Å². The van der Waals surface area contributed by atoms with Crippen LogP contribution in [0.2, 0.25) is 0 Å². The number of anilines is 2. The van der Waals surface area contributed by atoms with E-state index in [4.69, 9.17) is 4.74 Å². The Hall–Kier alpha value is -5.72. The number of benzene rings is 3. The first-order valence-electron chi connectivity index (χ1n) is 17.4. The number of amides is 5. The van der Waals surface area contributed by atoms with E-state index < -0.39 is 47.5 Å². The van der Waals surface area contributed by atoms with Crippen LogP contribution in [0.3, 0.4) is 0 Å². The number of fused-ring (bicyclic) bond motifs is 1. The van der Waals surface area contributed by atoms with Gasteiger partial charge >= 0.3 is 6.09 Å². The largest absolute Gasteiger partial charge is 0.444 e. The van der Waals surface area contributed by atoms with E-state index in [9.17, 15) is 24.0 Å². The van der Waals surface area contributed by atoms with Gasteiger partial charge in [-0.3, -0.25) is 19.2 Å². The van der Waals surface area contributed by atoms with E-state index in [-0.39, 0.29) is 22.9 Å².